The number of methoxy groups -OCH3 is 1. The van der Waals surface area contributed by atoms with Crippen molar-refractivity contribution in [3.05, 3.63) is 29.8 Å². The molecule has 3 N–H and O–H groups in total. The first kappa shape index (κ1) is 18.7. The number of hydrogen-bond acceptors (Lipinski definition) is 4. The molecule has 1 amide bonds. The number of hydrogen-bond donors (Lipinski definition) is 2. The van der Waals surface area contributed by atoms with Gasteiger partial charge in [0.05, 0.1) is 12.7 Å². The summed E-state index contributed by atoms with van der Waals surface area (Å²) in [6, 6.07) is 7.96. The Morgan fingerprint density at radius 1 is 1.33 bits per heavy atom. The zero-order chi connectivity index (χ0) is 17.4. The van der Waals surface area contributed by atoms with Crippen molar-refractivity contribution >= 4 is 5.91 Å². The number of nitrogens with two attached hydrogens (primary N) is 1. The average molecular weight is 334 g/mol. The van der Waals surface area contributed by atoms with Gasteiger partial charge in [0.2, 0.25) is 5.91 Å². The summed E-state index contributed by atoms with van der Waals surface area (Å²) in [4.78, 5) is 12.3. The van der Waals surface area contributed by atoms with Gasteiger partial charge in [-0.3, -0.25) is 4.79 Å². The molecule has 1 aliphatic carbocycles. The van der Waals surface area contributed by atoms with Gasteiger partial charge >= 0.3 is 0 Å². The fourth-order valence-corrected chi connectivity index (χ4v) is 3.24. The Hall–Kier alpha value is -1.59. The molecule has 2 rings (SSSR count). The molecule has 1 aromatic rings. The van der Waals surface area contributed by atoms with E-state index in [2.05, 4.69) is 18.3 Å². The first-order chi connectivity index (χ1) is 11.7. The van der Waals surface area contributed by atoms with E-state index in [9.17, 15) is 4.79 Å². The van der Waals surface area contributed by atoms with Crippen LogP contribution in [0.1, 0.15) is 38.2 Å². The summed E-state index contributed by atoms with van der Waals surface area (Å²) in [5, 5.41) is 3.05. The van der Waals surface area contributed by atoms with E-state index in [4.69, 9.17) is 15.2 Å². The highest BCUT2D eigenvalue weighted by molar-refractivity contribution is 5.78. The Morgan fingerprint density at radius 2 is 2.12 bits per heavy atom. The van der Waals surface area contributed by atoms with Crippen molar-refractivity contribution in [2.45, 2.75) is 51.2 Å². The molecule has 1 fully saturated rings. The van der Waals surface area contributed by atoms with Crippen molar-refractivity contribution in [2.24, 2.45) is 11.7 Å². The van der Waals surface area contributed by atoms with Crippen LogP contribution in [0.15, 0.2) is 24.3 Å². The van der Waals surface area contributed by atoms with Crippen LogP contribution in [0.5, 0.6) is 5.75 Å². The highest BCUT2D eigenvalue weighted by Crippen LogP contribution is 2.25. The van der Waals surface area contributed by atoms with Gasteiger partial charge in [0, 0.05) is 25.6 Å². The zero-order valence-electron chi connectivity index (χ0n) is 14.8. The Labute approximate surface area is 144 Å². The van der Waals surface area contributed by atoms with Crippen molar-refractivity contribution < 1.29 is 14.3 Å². The first-order valence-electron chi connectivity index (χ1n) is 8.92. The summed E-state index contributed by atoms with van der Waals surface area (Å²) in [5.74, 6) is 1.01. The van der Waals surface area contributed by atoms with Crippen LogP contribution in [0.4, 0.5) is 0 Å². The lowest BCUT2D eigenvalue weighted by molar-refractivity contribution is -0.127. The van der Waals surface area contributed by atoms with E-state index < -0.39 is 0 Å². The molecule has 5 nitrogen and oxygen atoms in total. The standard InChI is InChI=1S/C19H30N2O3/c1-3-12-24-17-7-5-4-6-14(17)10-11-21-19(22)15-8-9-18(23-2)16(20)13-15/h4-7,15-16,18H,3,8-13,20H2,1-2H3,(H,21,22)/t15-,16+,18+/m0/s1. The first-order valence-corrected chi connectivity index (χ1v) is 8.92. The summed E-state index contributed by atoms with van der Waals surface area (Å²) in [6.45, 7) is 3.42. The second-order valence-electron chi connectivity index (χ2n) is 6.45. The van der Waals surface area contributed by atoms with Gasteiger partial charge in [-0.25, -0.2) is 0 Å². The predicted octanol–water partition coefficient (Wildman–Crippen LogP) is 2.28. The number of carbonyl (C=O) groups is 1. The van der Waals surface area contributed by atoms with Crippen LogP contribution < -0.4 is 15.8 Å². The molecule has 0 aliphatic heterocycles. The van der Waals surface area contributed by atoms with Crippen molar-refractivity contribution in [3.8, 4) is 5.75 Å². The fourth-order valence-electron chi connectivity index (χ4n) is 3.24. The van der Waals surface area contributed by atoms with Gasteiger partial charge in [-0.1, -0.05) is 25.1 Å². The molecular weight excluding hydrogens is 304 g/mol. The minimum absolute atomic E-state index is 0.00187. The summed E-state index contributed by atoms with van der Waals surface area (Å²) < 4.78 is 11.1. The molecule has 1 saturated carbocycles. The molecule has 5 heteroatoms. The van der Waals surface area contributed by atoms with Gasteiger partial charge in [0.1, 0.15) is 5.75 Å². The monoisotopic (exact) mass is 334 g/mol. The number of carbonyl (C=O) groups excluding carboxylic acids is 1. The maximum atomic E-state index is 12.3. The summed E-state index contributed by atoms with van der Waals surface area (Å²) in [5.41, 5.74) is 7.21. The molecule has 0 saturated heterocycles. The molecule has 24 heavy (non-hydrogen) atoms. The lowest BCUT2D eigenvalue weighted by Crippen LogP contribution is -2.45. The number of ether oxygens (including phenoxy) is 2. The quantitative estimate of drug-likeness (QED) is 0.765. The van der Waals surface area contributed by atoms with E-state index in [1.54, 1.807) is 7.11 Å². The SMILES string of the molecule is CCCOc1ccccc1CCNC(=O)[C@H]1CC[C@@H](OC)[C@H](N)C1. The molecule has 1 aliphatic rings. The fraction of sp³-hybridized carbons (Fsp3) is 0.632. The van der Waals surface area contributed by atoms with Crippen LogP contribution in [0.2, 0.25) is 0 Å². The molecular formula is C19H30N2O3. The normalized spacial score (nSPS) is 23.7. The van der Waals surface area contributed by atoms with E-state index in [0.717, 1.165) is 37.0 Å². The van der Waals surface area contributed by atoms with Crippen LogP contribution >= 0.6 is 0 Å². The van der Waals surface area contributed by atoms with E-state index >= 15 is 0 Å². The van der Waals surface area contributed by atoms with Crippen LogP contribution in [0.3, 0.4) is 0 Å². The summed E-state index contributed by atoms with van der Waals surface area (Å²) in [6.07, 6.45) is 4.22. The maximum absolute atomic E-state index is 12.3. The largest absolute Gasteiger partial charge is 0.493 e. The summed E-state index contributed by atoms with van der Waals surface area (Å²) in [7, 11) is 1.68. The second-order valence-corrected chi connectivity index (χ2v) is 6.45. The van der Waals surface area contributed by atoms with Gasteiger partial charge in [0.25, 0.3) is 0 Å². The van der Waals surface area contributed by atoms with Crippen molar-refractivity contribution in [1.82, 2.24) is 5.32 Å². The number of benzene rings is 1. The van der Waals surface area contributed by atoms with Gasteiger partial charge in [-0.2, -0.15) is 0 Å². The number of para-hydroxylation sites is 1. The molecule has 0 spiro atoms. The lowest BCUT2D eigenvalue weighted by atomic mass is 9.83. The van der Waals surface area contributed by atoms with Gasteiger partial charge < -0.3 is 20.5 Å². The van der Waals surface area contributed by atoms with Crippen LogP contribution in [-0.2, 0) is 16.0 Å². The topological polar surface area (TPSA) is 73.6 Å². The smallest absolute Gasteiger partial charge is 0.223 e. The molecule has 1 aromatic carbocycles. The third kappa shape index (κ3) is 5.21. The lowest BCUT2D eigenvalue weighted by Gasteiger charge is -2.32. The van der Waals surface area contributed by atoms with E-state index in [1.807, 2.05) is 18.2 Å². The van der Waals surface area contributed by atoms with Gasteiger partial charge in [-0.05, 0) is 43.7 Å². The molecule has 3 atom stereocenters. The minimum atomic E-state index is -0.0531. The van der Waals surface area contributed by atoms with Crippen molar-refractivity contribution in [2.75, 3.05) is 20.3 Å². The Kier molecular flexibility index (Phi) is 7.53. The van der Waals surface area contributed by atoms with E-state index in [0.29, 0.717) is 19.6 Å². The molecule has 0 heterocycles. The van der Waals surface area contributed by atoms with Gasteiger partial charge in [-0.15, -0.1) is 0 Å². The van der Waals surface area contributed by atoms with Crippen LogP contribution in [0, 0.1) is 5.92 Å². The Bertz CT molecular complexity index is 521. The minimum Gasteiger partial charge on any atom is -0.493 e. The predicted molar refractivity (Wildman–Crippen MR) is 95.1 cm³/mol. The van der Waals surface area contributed by atoms with E-state index in [-0.39, 0.29) is 24.0 Å². The zero-order valence-corrected chi connectivity index (χ0v) is 14.8. The Balaban J connectivity index is 1.79. The highest BCUT2D eigenvalue weighted by atomic mass is 16.5. The Morgan fingerprint density at radius 3 is 2.83 bits per heavy atom. The highest BCUT2D eigenvalue weighted by Gasteiger charge is 2.31. The second kappa shape index (κ2) is 9.64. The number of nitrogens with one attached hydrogen (secondary N) is 1. The molecule has 134 valence electrons. The number of rotatable bonds is 8. The van der Waals surface area contributed by atoms with Crippen molar-refractivity contribution in [3.63, 3.8) is 0 Å². The summed E-state index contributed by atoms with van der Waals surface area (Å²) >= 11 is 0. The maximum Gasteiger partial charge on any atom is 0.223 e. The molecule has 0 aromatic heterocycles. The molecule has 0 unspecified atom stereocenters. The number of amides is 1. The third-order valence-corrected chi connectivity index (χ3v) is 4.64. The molecule has 0 bridgehead atoms. The third-order valence-electron chi connectivity index (χ3n) is 4.64. The van der Waals surface area contributed by atoms with Crippen LogP contribution in [0.25, 0.3) is 0 Å². The van der Waals surface area contributed by atoms with E-state index in [1.165, 1.54) is 0 Å². The molecule has 0 radical (unpaired) electrons. The van der Waals surface area contributed by atoms with Crippen molar-refractivity contribution in [1.29, 1.82) is 0 Å². The average Bonchev–Trinajstić information content (AvgIpc) is 2.60. The van der Waals surface area contributed by atoms with Gasteiger partial charge in [0.15, 0.2) is 0 Å². The van der Waals surface area contributed by atoms with Crippen LogP contribution in [-0.4, -0.2) is 38.3 Å².